The number of rotatable bonds is 6. The van der Waals surface area contributed by atoms with Crippen LogP contribution in [0.5, 0.6) is 0 Å². The minimum absolute atomic E-state index is 0.121. The van der Waals surface area contributed by atoms with E-state index in [1.807, 2.05) is 36.6 Å². The van der Waals surface area contributed by atoms with Crippen molar-refractivity contribution in [1.82, 2.24) is 0 Å². The van der Waals surface area contributed by atoms with Gasteiger partial charge >= 0.3 is 0 Å². The van der Waals surface area contributed by atoms with Gasteiger partial charge in [0.15, 0.2) is 5.78 Å². The van der Waals surface area contributed by atoms with Crippen LogP contribution >= 0.6 is 11.8 Å². The Hall–Kier alpha value is -1.88. The number of ketones is 1. The lowest BCUT2D eigenvalue weighted by Gasteiger charge is -2.19. The summed E-state index contributed by atoms with van der Waals surface area (Å²) >= 11 is 1.62. The standard InChI is InChI=1S/C16H19N3O3S/c1-23-13-4-2-11(3-5-13)6-15(21)16(10-17)7-12(9-22-16)14(20)8-19-18/h2-5,8,12,14,20H,6-7,9,18H2,1H3. The van der Waals surface area contributed by atoms with Crippen LogP contribution in [0.2, 0.25) is 0 Å². The lowest BCUT2D eigenvalue weighted by atomic mass is 9.86. The fraction of sp³-hybridized carbons (Fsp3) is 0.438. The van der Waals surface area contributed by atoms with Crippen molar-refractivity contribution in [1.29, 1.82) is 5.26 Å². The lowest BCUT2D eigenvalue weighted by molar-refractivity contribution is -0.132. The molecule has 7 heteroatoms. The Morgan fingerprint density at radius 1 is 1.65 bits per heavy atom. The highest BCUT2D eigenvalue weighted by Crippen LogP contribution is 2.33. The minimum atomic E-state index is -1.51. The zero-order valence-corrected chi connectivity index (χ0v) is 13.6. The average molecular weight is 333 g/mol. The summed E-state index contributed by atoms with van der Waals surface area (Å²) in [6.07, 6.45) is 2.50. The van der Waals surface area contributed by atoms with Crippen LogP contribution < -0.4 is 5.84 Å². The second kappa shape index (κ2) is 7.59. The van der Waals surface area contributed by atoms with E-state index in [9.17, 15) is 15.2 Å². The first kappa shape index (κ1) is 17.5. The summed E-state index contributed by atoms with van der Waals surface area (Å²) in [6.45, 7) is 0.123. The SMILES string of the molecule is CSc1ccc(CC(=O)C2(C#N)CC(C(O)C=NN)CO2)cc1. The molecule has 1 fully saturated rings. The van der Waals surface area contributed by atoms with Crippen LogP contribution in [0.15, 0.2) is 34.3 Å². The van der Waals surface area contributed by atoms with Gasteiger partial charge in [0.2, 0.25) is 5.60 Å². The van der Waals surface area contributed by atoms with E-state index in [0.29, 0.717) is 0 Å². The normalized spacial score (nSPS) is 25.3. The first-order valence-electron chi connectivity index (χ1n) is 7.17. The number of aliphatic hydroxyl groups is 1. The van der Waals surface area contributed by atoms with E-state index in [0.717, 1.165) is 10.5 Å². The first-order valence-corrected chi connectivity index (χ1v) is 8.40. The Labute approximate surface area is 139 Å². The van der Waals surface area contributed by atoms with Gasteiger partial charge in [0.25, 0.3) is 0 Å². The lowest BCUT2D eigenvalue weighted by Crippen LogP contribution is -2.38. The third kappa shape index (κ3) is 3.91. The summed E-state index contributed by atoms with van der Waals surface area (Å²) in [5.74, 6) is 4.35. The number of benzene rings is 1. The summed E-state index contributed by atoms with van der Waals surface area (Å²) in [4.78, 5) is 13.7. The summed E-state index contributed by atoms with van der Waals surface area (Å²) < 4.78 is 5.47. The molecule has 3 unspecified atom stereocenters. The van der Waals surface area contributed by atoms with E-state index in [4.69, 9.17) is 10.6 Å². The van der Waals surface area contributed by atoms with Crippen LogP contribution in [-0.4, -0.2) is 41.7 Å². The third-order valence-corrected chi connectivity index (χ3v) is 4.71. The monoisotopic (exact) mass is 333 g/mol. The van der Waals surface area contributed by atoms with Gasteiger partial charge in [-0.1, -0.05) is 12.1 Å². The second-order valence-electron chi connectivity index (χ2n) is 5.45. The summed E-state index contributed by atoms with van der Waals surface area (Å²) in [5, 5.41) is 22.6. The van der Waals surface area contributed by atoms with Gasteiger partial charge in [-0.25, -0.2) is 0 Å². The molecule has 3 N–H and O–H groups in total. The van der Waals surface area contributed by atoms with Crippen molar-refractivity contribution >= 4 is 23.8 Å². The average Bonchev–Trinajstić information content (AvgIpc) is 3.02. The minimum Gasteiger partial charge on any atom is -0.387 e. The third-order valence-electron chi connectivity index (χ3n) is 3.97. The van der Waals surface area contributed by atoms with Gasteiger partial charge in [0.05, 0.1) is 18.9 Å². The Kier molecular flexibility index (Phi) is 5.77. The zero-order valence-electron chi connectivity index (χ0n) is 12.8. The van der Waals surface area contributed by atoms with Crippen molar-refractivity contribution in [3.63, 3.8) is 0 Å². The topological polar surface area (TPSA) is 109 Å². The number of Topliss-reactive ketones (excluding diaryl/α,β-unsaturated/α-hetero) is 1. The van der Waals surface area contributed by atoms with E-state index in [1.54, 1.807) is 11.8 Å². The van der Waals surface area contributed by atoms with Gasteiger partial charge in [-0.3, -0.25) is 4.79 Å². The molecule has 0 aromatic heterocycles. The fourth-order valence-electron chi connectivity index (χ4n) is 2.57. The van der Waals surface area contributed by atoms with Crippen LogP contribution in [0.1, 0.15) is 12.0 Å². The number of thioether (sulfide) groups is 1. The number of nitrogens with two attached hydrogens (primary N) is 1. The smallest absolute Gasteiger partial charge is 0.213 e. The molecule has 2 rings (SSSR count). The quantitative estimate of drug-likeness (QED) is 0.349. The summed E-state index contributed by atoms with van der Waals surface area (Å²) in [6, 6.07) is 9.60. The number of hydrogen-bond acceptors (Lipinski definition) is 7. The fourth-order valence-corrected chi connectivity index (χ4v) is 2.98. The molecule has 122 valence electrons. The molecule has 0 spiro atoms. The predicted molar refractivity (Wildman–Crippen MR) is 88.0 cm³/mol. The van der Waals surface area contributed by atoms with Crippen molar-refractivity contribution in [2.45, 2.75) is 29.4 Å². The number of hydrogen-bond donors (Lipinski definition) is 2. The van der Waals surface area contributed by atoms with Crippen molar-refractivity contribution in [2.75, 3.05) is 12.9 Å². The molecule has 1 heterocycles. The molecule has 1 aliphatic heterocycles. The Morgan fingerprint density at radius 2 is 2.35 bits per heavy atom. The van der Waals surface area contributed by atoms with E-state index in [2.05, 4.69) is 5.10 Å². The molecule has 0 bridgehead atoms. The zero-order chi connectivity index (χ0) is 16.9. The summed E-state index contributed by atoms with van der Waals surface area (Å²) in [5.41, 5.74) is -0.676. The Morgan fingerprint density at radius 3 is 2.91 bits per heavy atom. The van der Waals surface area contributed by atoms with Gasteiger partial charge in [0.1, 0.15) is 6.07 Å². The van der Waals surface area contributed by atoms with Crippen LogP contribution in [0.25, 0.3) is 0 Å². The van der Waals surface area contributed by atoms with Gasteiger partial charge in [-0.05, 0) is 24.0 Å². The van der Waals surface area contributed by atoms with Crippen molar-refractivity contribution in [3.8, 4) is 6.07 Å². The van der Waals surface area contributed by atoms with Gasteiger partial charge in [0, 0.05) is 23.7 Å². The maximum absolute atomic E-state index is 12.6. The van der Waals surface area contributed by atoms with Crippen molar-refractivity contribution in [3.05, 3.63) is 29.8 Å². The largest absolute Gasteiger partial charge is 0.387 e. The molecule has 0 saturated carbocycles. The molecule has 6 nitrogen and oxygen atoms in total. The van der Waals surface area contributed by atoms with Crippen LogP contribution in [0, 0.1) is 17.2 Å². The molecule has 1 saturated heterocycles. The van der Waals surface area contributed by atoms with Gasteiger partial charge in [-0.15, -0.1) is 11.8 Å². The molecular weight excluding hydrogens is 314 g/mol. The number of ether oxygens (including phenoxy) is 1. The van der Waals surface area contributed by atoms with Gasteiger partial charge < -0.3 is 15.7 Å². The first-order chi connectivity index (χ1) is 11.0. The highest BCUT2D eigenvalue weighted by atomic mass is 32.2. The van der Waals surface area contributed by atoms with E-state index in [1.165, 1.54) is 6.21 Å². The van der Waals surface area contributed by atoms with Crippen LogP contribution in [-0.2, 0) is 16.0 Å². The number of nitriles is 1. The maximum atomic E-state index is 12.6. The number of nitrogens with zero attached hydrogens (tertiary/aromatic N) is 2. The summed E-state index contributed by atoms with van der Waals surface area (Å²) in [7, 11) is 0. The Bertz CT molecular complexity index is 626. The molecule has 1 aromatic carbocycles. The number of aliphatic hydroxyl groups excluding tert-OH is 1. The van der Waals surface area contributed by atoms with Crippen LogP contribution in [0.3, 0.4) is 0 Å². The molecule has 0 radical (unpaired) electrons. The molecule has 1 aliphatic rings. The Balaban J connectivity index is 2.08. The predicted octanol–water partition coefficient (Wildman–Crippen LogP) is 1.12. The highest BCUT2D eigenvalue weighted by molar-refractivity contribution is 7.98. The second-order valence-corrected chi connectivity index (χ2v) is 6.33. The number of carbonyl (C=O) groups excluding carboxylic acids is 1. The molecule has 0 amide bonds. The van der Waals surface area contributed by atoms with E-state index in [-0.39, 0.29) is 31.1 Å². The van der Waals surface area contributed by atoms with Gasteiger partial charge in [-0.2, -0.15) is 10.4 Å². The molecule has 0 aliphatic carbocycles. The number of carbonyl (C=O) groups is 1. The highest BCUT2D eigenvalue weighted by Gasteiger charge is 2.48. The maximum Gasteiger partial charge on any atom is 0.213 e. The van der Waals surface area contributed by atoms with Crippen molar-refractivity contribution < 1.29 is 14.6 Å². The molecule has 3 atom stereocenters. The van der Waals surface area contributed by atoms with Crippen molar-refractivity contribution in [2.24, 2.45) is 16.9 Å². The molecular formula is C16H19N3O3S. The van der Waals surface area contributed by atoms with E-state index < -0.39 is 11.7 Å². The van der Waals surface area contributed by atoms with E-state index >= 15 is 0 Å². The molecule has 1 aromatic rings. The number of hydrazone groups is 1. The van der Waals surface area contributed by atoms with Crippen LogP contribution in [0.4, 0.5) is 0 Å². The molecule has 23 heavy (non-hydrogen) atoms.